The quantitative estimate of drug-likeness (QED) is 0.893. The van der Waals surface area contributed by atoms with Gasteiger partial charge in [0.1, 0.15) is 0 Å². The van der Waals surface area contributed by atoms with E-state index < -0.39 is 0 Å². The van der Waals surface area contributed by atoms with Crippen LogP contribution in [0.3, 0.4) is 0 Å². The molecule has 0 aliphatic carbocycles. The van der Waals surface area contributed by atoms with Crippen molar-refractivity contribution in [3.05, 3.63) is 29.8 Å². The zero-order chi connectivity index (χ0) is 13.8. The molecule has 2 atom stereocenters. The van der Waals surface area contributed by atoms with Crippen LogP contribution in [0.1, 0.15) is 38.3 Å². The lowest BCUT2D eigenvalue weighted by molar-refractivity contribution is 0.221. The van der Waals surface area contributed by atoms with Crippen molar-refractivity contribution in [3.63, 3.8) is 0 Å². The van der Waals surface area contributed by atoms with Crippen LogP contribution in [0.2, 0.25) is 0 Å². The van der Waals surface area contributed by atoms with Crippen molar-refractivity contribution < 1.29 is 0 Å². The maximum Gasteiger partial charge on any atom is 0.0364 e. The Morgan fingerprint density at radius 3 is 2.84 bits per heavy atom. The van der Waals surface area contributed by atoms with Gasteiger partial charge < -0.3 is 5.73 Å². The van der Waals surface area contributed by atoms with Crippen LogP contribution in [0.25, 0.3) is 0 Å². The summed E-state index contributed by atoms with van der Waals surface area (Å²) in [5, 5.41) is 0. The van der Waals surface area contributed by atoms with Gasteiger partial charge in [0.2, 0.25) is 0 Å². The molecule has 1 aromatic rings. The van der Waals surface area contributed by atoms with Crippen molar-refractivity contribution in [1.82, 2.24) is 4.90 Å². The largest absolute Gasteiger partial charge is 0.327 e. The van der Waals surface area contributed by atoms with Gasteiger partial charge in [0.25, 0.3) is 0 Å². The van der Waals surface area contributed by atoms with Gasteiger partial charge in [-0.1, -0.05) is 32.0 Å². The van der Waals surface area contributed by atoms with Gasteiger partial charge in [0.05, 0.1) is 0 Å². The molecule has 1 heterocycles. The zero-order valence-corrected chi connectivity index (χ0v) is 13.1. The van der Waals surface area contributed by atoms with Gasteiger partial charge in [-0.3, -0.25) is 4.90 Å². The lowest BCUT2D eigenvalue weighted by atomic mass is 9.99. The third-order valence-electron chi connectivity index (χ3n) is 4.13. The molecule has 2 N–H and O–H groups in total. The van der Waals surface area contributed by atoms with Crippen molar-refractivity contribution in [3.8, 4) is 0 Å². The van der Waals surface area contributed by atoms with Gasteiger partial charge in [-0.15, -0.1) is 11.8 Å². The molecular weight excluding hydrogens is 252 g/mol. The van der Waals surface area contributed by atoms with E-state index in [1.165, 1.54) is 22.6 Å². The first-order valence-electron chi connectivity index (χ1n) is 7.27. The predicted molar refractivity (Wildman–Crippen MR) is 84.6 cm³/mol. The highest BCUT2D eigenvalue weighted by Gasteiger charge is 2.24. The molecule has 1 aliphatic rings. The summed E-state index contributed by atoms with van der Waals surface area (Å²) in [6.07, 6.45) is 2.33. The van der Waals surface area contributed by atoms with E-state index in [0.717, 1.165) is 13.0 Å². The fourth-order valence-electron chi connectivity index (χ4n) is 2.62. The minimum atomic E-state index is 0.315. The summed E-state index contributed by atoms with van der Waals surface area (Å²) in [6.45, 7) is 5.50. The second-order valence-electron chi connectivity index (χ2n) is 5.87. The molecule has 1 aromatic carbocycles. The number of benzene rings is 1. The number of hydrogen-bond acceptors (Lipinski definition) is 3. The highest BCUT2D eigenvalue weighted by atomic mass is 32.2. The maximum absolute atomic E-state index is 6.16. The molecule has 2 rings (SSSR count). The highest BCUT2D eigenvalue weighted by Crippen LogP contribution is 2.38. The monoisotopic (exact) mass is 278 g/mol. The smallest absolute Gasteiger partial charge is 0.0364 e. The van der Waals surface area contributed by atoms with Crippen molar-refractivity contribution in [2.75, 3.05) is 19.3 Å². The molecule has 2 unspecified atom stereocenters. The molecule has 2 nitrogen and oxygen atoms in total. The zero-order valence-electron chi connectivity index (χ0n) is 12.3. The Kier molecular flexibility index (Phi) is 5.31. The van der Waals surface area contributed by atoms with E-state index >= 15 is 0 Å². The van der Waals surface area contributed by atoms with Crippen LogP contribution in [0, 0.1) is 5.92 Å². The van der Waals surface area contributed by atoms with Crippen molar-refractivity contribution >= 4 is 11.8 Å². The summed E-state index contributed by atoms with van der Waals surface area (Å²) in [5.41, 5.74) is 7.66. The number of hydrogen-bond donors (Lipinski definition) is 1. The Bertz CT molecular complexity index is 405. The van der Waals surface area contributed by atoms with Gasteiger partial charge in [0.15, 0.2) is 0 Å². The molecular formula is C16H26N2S. The van der Waals surface area contributed by atoms with Gasteiger partial charge >= 0.3 is 0 Å². The lowest BCUT2D eigenvalue weighted by Gasteiger charge is -2.33. The van der Waals surface area contributed by atoms with E-state index in [-0.39, 0.29) is 0 Å². The molecule has 19 heavy (non-hydrogen) atoms. The standard InChI is InChI=1S/C16H26N2S/c1-12(2)14(17)8-10-18(3)15-9-11-19-16-7-5-4-6-13(15)16/h4-7,12,14-15H,8-11,17H2,1-3H3. The average molecular weight is 278 g/mol. The van der Waals surface area contributed by atoms with Gasteiger partial charge in [-0.05, 0) is 49.7 Å². The molecule has 106 valence electrons. The molecule has 0 amide bonds. The second kappa shape index (κ2) is 6.78. The summed E-state index contributed by atoms with van der Waals surface area (Å²) in [5.74, 6) is 1.80. The Morgan fingerprint density at radius 2 is 2.11 bits per heavy atom. The highest BCUT2D eigenvalue weighted by molar-refractivity contribution is 7.99. The number of rotatable bonds is 5. The van der Waals surface area contributed by atoms with Gasteiger partial charge in [-0.25, -0.2) is 0 Å². The second-order valence-corrected chi connectivity index (χ2v) is 7.00. The molecule has 0 aromatic heterocycles. The van der Waals surface area contributed by atoms with Crippen LogP contribution in [-0.4, -0.2) is 30.3 Å². The summed E-state index contributed by atoms with van der Waals surface area (Å²) < 4.78 is 0. The van der Waals surface area contributed by atoms with E-state index in [4.69, 9.17) is 5.73 Å². The molecule has 0 saturated heterocycles. The number of nitrogens with zero attached hydrogens (tertiary/aromatic N) is 1. The normalized spacial score (nSPS) is 20.6. The Hall–Kier alpha value is -0.510. The van der Waals surface area contributed by atoms with Crippen LogP contribution < -0.4 is 5.73 Å². The molecule has 0 bridgehead atoms. The molecule has 1 aliphatic heterocycles. The van der Waals surface area contributed by atoms with Crippen LogP contribution in [0.15, 0.2) is 29.2 Å². The third kappa shape index (κ3) is 3.74. The molecule has 0 saturated carbocycles. The van der Waals surface area contributed by atoms with Crippen LogP contribution in [-0.2, 0) is 0 Å². The van der Waals surface area contributed by atoms with Crippen molar-refractivity contribution in [2.45, 2.75) is 43.7 Å². The first kappa shape index (κ1) is 14.9. The van der Waals surface area contributed by atoms with E-state index in [1.807, 2.05) is 11.8 Å². The molecule has 3 heteroatoms. The van der Waals surface area contributed by atoms with Crippen molar-refractivity contribution in [1.29, 1.82) is 0 Å². The van der Waals surface area contributed by atoms with Crippen LogP contribution in [0.5, 0.6) is 0 Å². The first-order chi connectivity index (χ1) is 9.09. The fourth-order valence-corrected chi connectivity index (χ4v) is 3.73. The number of nitrogens with two attached hydrogens (primary N) is 1. The topological polar surface area (TPSA) is 29.3 Å². The Morgan fingerprint density at radius 1 is 1.37 bits per heavy atom. The maximum atomic E-state index is 6.16. The van der Waals surface area contributed by atoms with Crippen LogP contribution in [0.4, 0.5) is 0 Å². The number of fused-ring (bicyclic) bond motifs is 1. The molecule has 0 spiro atoms. The molecule has 0 fully saturated rings. The van der Waals surface area contributed by atoms with Crippen LogP contribution >= 0.6 is 11.8 Å². The predicted octanol–water partition coefficient (Wildman–Crippen LogP) is 3.53. The van der Waals surface area contributed by atoms with Gasteiger partial charge in [0, 0.05) is 17.0 Å². The third-order valence-corrected chi connectivity index (χ3v) is 5.25. The first-order valence-corrected chi connectivity index (χ1v) is 8.25. The molecule has 0 radical (unpaired) electrons. The number of thioether (sulfide) groups is 1. The SMILES string of the molecule is CC(C)C(N)CCN(C)C1CCSc2ccccc21. The average Bonchev–Trinajstić information content (AvgIpc) is 2.43. The Labute approximate surface area is 121 Å². The van der Waals surface area contributed by atoms with Crippen molar-refractivity contribution in [2.24, 2.45) is 11.7 Å². The van der Waals surface area contributed by atoms with E-state index in [2.05, 4.69) is 50.1 Å². The lowest BCUT2D eigenvalue weighted by Crippen LogP contribution is -2.34. The minimum Gasteiger partial charge on any atom is -0.327 e. The summed E-state index contributed by atoms with van der Waals surface area (Å²) in [4.78, 5) is 3.94. The summed E-state index contributed by atoms with van der Waals surface area (Å²) in [6, 6.07) is 9.71. The Balaban J connectivity index is 1.99. The fraction of sp³-hybridized carbons (Fsp3) is 0.625. The van der Waals surface area contributed by atoms with Gasteiger partial charge in [-0.2, -0.15) is 0 Å². The van der Waals surface area contributed by atoms with E-state index in [9.17, 15) is 0 Å². The summed E-state index contributed by atoms with van der Waals surface area (Å²) in [7, 11) is 2.24. The van der Waals surface area contributed by atoms with E-state index in [0.29, 0.717) is 18.0 Å². The van der Waals surface area contributed by atoms with E-state index in [1.54, 1.807) is 0 Å². The summed E-state index contributed by atoms with van der Waals surface area (Å²) >= 11 is 1.99. The minimum absolute atomic E-state index is 0.315.